The maximum atomic E-state index is 10.8. The fraction of sp³-hybridized carbons (Fsp3) is 0.857. The van der Waals surface area contributed by atoms with Gasteiger partial charge >= 0.3 is 5.97 Å². The highest BCUT2D eigenvalue weighted by atomic mass is 16.5. The summed E-state index contributed by atoms with van der Waals surface area (Å²) in [6.07, 6.45) is 23.0. The highest BCUT2D eigenvalue weighted by molar-refractivity contribution is 5.81. The minimum absolute atomic E-state index is 0. The van der Waals surface area contributed by atoms with Gasteiger partial charge in [-0.1, -0.05) is 110 Å². The Morgan fingerprint density at radius 2 is 1.04 bits per heavy atom. The Morgan fingerprint density at radius 3 is 1.38 bits per heavy atom. The van der Waals surface area contributed by atoms with Crippen LogP contribution in [0.4, 0.5) is 0 Å². The monoisotopic (exact) mass is 342 g/mol. The van der Waals surface area contributed by atoms with Crippen LogP contribution < -0.4 is 0 Å². The fourth-order valence-electron chi connectivity index (χ4n) is 2.88. The molecule has 0 saturated heterocycles. The second-order valence-electron chi connectivity index (χ2n) is 6.67. The summed E-state index contributed by atoms with van der Waals surface area (Å²) in [4.78, 5) is 10.8. The van der Waals surface area contributed by atoms with Crippen LogP contribution in [0.1, 0.15) is 110 Å². The molecular formula is C21H42O3. The number of hydrogen-bond donors (Lipinski definition) is 0. The van der Waals surface area contributed by atoms with E-state index < -0.39 is 0 Å². The van der Waals surface area contributed by atoms with Gasteiger partial charge in [-0.15, -0.1) is 0 Å². The lowest BCUT2D eigenvalue weighted by atomic mass is 10.0. The summed E-state index contributed by atoms with van der Waals surface area (Å²) in [6.45, 7) is 6.20. The van der Waals surface area contributed by atoms with Crippen molar-refractivity contribution in [2.24, 2.45) is 0 Å². The third-order valence-electron chi connectivity index (χ3n) is 4.41. The van der Waals surface area contributed by atoms with Crippen molar-refractivity contribution in [2.75, 3.05) is 6.61 Å². The molecule has 0 atom stereocenters. The second-order valence-corrected chi connectivity index (χ2v) is 6.67. The molecule has 0 heterocycles. The molecule has 0 bridgehead atoms. The van der Waals surface area contributed by atoms with Crippen LogP contribution in [0.3, 0.4) is 0 Å². The molecule has 0 aliphatic rings. The quantitative estimate of drug-likeness (QED) is 0.170. The summed E-state index contributed by atoms with van der Waals surface area (Å²) < 4.78 is 4.95. The van der Waals surface area contributed by atoms with Crippen LogP contribution in [0, 0.1) is 0 Å². The van der Waals surface area contributed by atoms with E-state index in [-0.39, 0.29) is 11.4 Å². The van der Waals surface area contributed by atoms with Gasteiger partial charge in [-0.25, -0.2) is 4.79 Å². The van der Waals surface area contributed by atoms with E-state index in [2.05, 4.69) is 13.5 Å². The first kappa shape index (κ1) is 25.4. The van der Waals surface area contributed by atoms with Crippen molar-refractivity contribution < 1.29 is 15.0 Å². The van der Waals surface area contributed by atoms with Crippen molar-refractivity contribution in [1.82, 2.24) is 0 Å². The van der Waals surface area contributed by atoms with Crippen molar-refractivity contribution >= 4 is 5.97 Å². The van der Waals surface area contributed by atoms with Crippen molar-refractivity contribution in [1.29, 1.82) is 0 Å². The smallest absolute Gasteiger partial charge is 0.330 e. The molecule has 0 aromatic carbocycles. The zero-order valence-corrected chi connectivity index (χ0v) is 16.1. The molecule has 0 radical (unpaired) electrons. The largest absolute Gasteiger partial charge is 0.463 e. The van der Waals surface area contributed by atoms with Crippen molar-refractivity contribution in [3.05, 3.63) is 12.7 Å². The van der Waals surface area contributed by atoms with Crippen LogP contribution in [0.5, 0.6) is 0 Å². The molecule has 0 fully saturated rings. The number of ether oxygens (including phenoxy) is 1. The fourth-order valence-corrected chi connectivity index (χ4v) is 2.88. The summed E-state index contributed by atoms with van der Waals surface area (Å²) in [5.74, 6) is -0.300. The zero-order chi connectivity index (χ0) is 17.0. The molecule has 3 nitrogen and oxygen atoms in total. The predicted octanol–water partition coefficient (Wildman–Crippen LogP) is 6.15. The number of esters is 1. The Balaban J connectivity index is 0. The Morgan fingerprint density at radius 1 is 0.708 bits per heavy atom. The molecule has 0 aromatic heterocycles. The van der Waals surface area contributed by atoms with E-state index >= 15 is 0 Å². The average Bonchev–Trinajstić information content (AvgIpc) is 2.57. The summed E-state index contributed by atoms with van der Waals surface area (Å²) in [7, 11) is 0. The van der Waals surface area contributed by atoms with Crippen LogP contribution in [0.25, 0.3) is 0 Å². The Kier molecular flexibility index (Phi) is 23.5. The summed E-state index contributed by atoms with van der Waals surface area (Å²) >= 11 is 0. The molecule has 0 amide bonds. The third-order valence-corrected chi connectivity index (χ3v) is 4.41. The Hall–Kier alpha value is -0.830. The van der Waals surface area contributed by atoms with Crippen molar-refractivity contribution in [2.45, 2.75) is 110 Å². The minimum Gasteiger partial charge on any atom is -0.463 e. The van der Waals surface area contributed by atoms with E-state index in [9.17, 15) is 4.79 Å². The van der Waals surface area contributed by atoms with Crippen LogP contribution in [-0.2, 0) is 9.53 Å². The molecule has 0 spiro atoms. The summed E-state index contributed by atoms with van der Waals surface area (Å²) in [5.41, 5.74) is 0. The Bertz CT molecular complexity index is 264. The first-order chi connectivity index (χ1) is 11.3. The molecular weight excluding hydrogens is 300 g/mol. The van der Waals surface area contributed by atoms with Gasteiger partial charge in [0.2, 0.25) is 0 Å². The summed E-state index contributed by atoms with van der Waals surface area (Å²) in [5, 5.41) is 0. The maximum absolute atomic E-state index is 10.8. The lowest BCUT2D eigenvalue weighted by Crippen LogP contribution is -2.01. The van der Waals surface area contributed by atoms with Crippen molar-refractivity contribution in [3.63, 3.8) is 0 Å². The normalized spacial score (nSPS) is 10.2. The highest BCUT2D eigenvalue weighted by Gasteiger charge is 1.96. The highest BCUT2D eigenvalue weighted by Crippen LogP contribution is 2.13. The van der Waals surface area contributed by atoms with E-state index in [0.29, 0.717) is 6.61 Å². The first-order valence-corrected chi connectivity index (χ1v) is 10.1. The second kappa shape index (κ2) is 22.2. The van der Waals surface area contributed by atoms with Crippen LogP contribution in [-0.4, -0.2) is 18.1 Å². The number of carbonyl (C=O) groups excluding carboxylic acids is 1. The topological polar surface area (TPSA) is 57.8 Å². The van der Waals surface area contributed by atoms with Gasteiger partial charge in [0.15, 0.2) is 0 Å². The number of carbonyl (C=O) groups is 1. The molecule has 3 heteroatoms. The number of unbranched alkanes of at least 4 members (excludes halogenated alkanes) is 15. The van der Waals surface area contributed by atoms with E-state index in [1.165, 1.54) is 102 Å². The molecule has 144 valence electrons. The molecule has 2 N–H and O–H groups in total. The van der Waals surface area contributed by atoms with E-state index in [1.807, 2.05) is 0 Å². The Labute approximate surface area is 150 Å². The average molecular weight is 343 g/mol. The first-order valence-electron chi connectivity index (χ1n) is 10.1. The summed E-state index contributed by atoms with van der Waals surface area (Å²) in [6, 6.07) is 0. The number of hydrogen-bond acceptors (Lipinski definition) is 2. The van der Waals surface area contributed by atoms with Crippen LogP contribution >= 0.6 is 0 Å². The molecule has 0 aliphatic carbocycles. The molecule has 0 aliphatic heterocycles. The van der Waals surface area contributed by atoms with E-state index in [1.54, 1.807) is 0 Å². The van der Waals surface area contributed by atoms with Gasteiger partial charge < -0.3 is 10.2 Å². The standard InChI is InChI=1S/C21H40O2.H2O/c1-3-5-6-7-8-9-10-11-12-13-14-15-16-17-18-19-20-23-21(22)4-2;/h4H,2-3,5-20H2,1H3;1H2. The van der Waals surface area contributed by atoms with Crippen LogP contribution in [0.15, 0.2) is 12.7 Å². The number of rotatable bonds is 18. The van der Waals surface area contributed by atoms with E-state index in [0.717, 1.165) is 6.42 Å². The van der Waals surface area contributed by atoms with Crippen molar-refractivity contribution in [3.8, 4) is 0 Å². The predicted molar refractivity (Wildman–Crippen MR) is 104 cm³/mol. The maximum Gasteiger partial charge on any atom is 0.330 e. The zero-order valence-electron chi connectivity index (χ0n) is 16.1. The SMILES string of the molecule is C=CC(=O)OCCCCCCCCCCCCCCCCCC.O. The molecule has 0 saturated carbocycles. The minimum atomic E-state index is -0.300. The molecule has 0 aromatic rings. The molecule has 24 heavy (non-hydrogen) atoms. The third kappa shape index (κ3) is 21.2. The van der Waals surface area contributed by atoms with Gasteiger partial charge in [-0.2, -0.15) is 0 Å². The van der Waals surface area contributed by atoms with E-state index in [4.69, 9.17) is 4.74 Å². The van der Waals surface area contributed by atoms with Gasteiger partial charge in [0, 0.05) is 6.08 Å². The molecule has 0 rings (SSSR count). The lowest BCUT2D eigenvalue weighted by molar-refractivity contribution is -0.137. The van der Waals surface area contributed by atoms with Gasteiger partial charge in [-0.3, -0.25) is 0 Å². The van der Waals surface area contributed by atoms with Gasteiger partial charge in [-0.05, 0) is 6.42 Å². The lowest BCUT2D eigenvalue weighted by Gasteiger charge is -2.04. The van der Waals surface area contributed by atoms with Gasteiger partial charge in [0.1, 0.15) is 0 Å². The molecule has 0 unspecified atom stereocenters. The van der Waals surface area contributed by atoms with Gasteiger partial charge in [0.05, 0.1) is 6.61 Å². The van der Waals surface area contributed by atoms with Gasteiger partial charge in [0.25, 0.3) is 0 Å². The van der Waals surface area contributed by atoms with Crippen LogP contribution in [0.2, 0.25) is 0 Å².